The summed E-state index contributed by atoms with van der Waals surface area (Å²) < 4.78 is 11.2. The number of anilines is 1. The molecule has 1 aliphatic carbocycles. The Bertz CT molecular complexity index is 1850. The summed E-state index contributed by atoms with van der Waals surface area (Å²) in [4.78, 5) is 64.5. The minimum Gasteiger partial charge on any atom is -0.444 e. The summed E-state index contributed by atoms with van der Waals surface area (Å²) in [6.45, 7) is 8.79. The van der Waals surface area contributed by atoms with Crippen molar-refractivity contribution in [3.8, 4) is 11.3 Å². The summed E-state index contributed by atoms with van der Waals surface area (Å²) in [6, 6.07) is 13.7. The lowest BCUT2D eigenvalue weighted by Crippen LogP contribution is -2.62. The Morgan fingerprint density at radius 2 is 1.71 bits per heavy atom. The van der Waals surface area contributed by atoms with Crippen molar-refractivity contribution in [2.24, 2.45) is 0 Å². The summed E-state index contributed by atoms with van der Waals surface area (Å²) in [5.41, 5.74) is 1.52. The number of nitrogens with zero attached hydrogens (tertiary/aromatic N) is 3. The predicted molar refractivity (Wildman–Crippen MR) is 200 cm³/mol. The van der Waals surface area contributed by atoms with Crippen LogP contribution in [0.3, 0.4) is 0 Å². The lowest BCUT2D eigenvalue weighted by atomic mass is 9.80. The summed E-state index contributed by atoms with van der Waals surface area (Å²) in [7, 11) is 0. The highest BCUT2D eigenvalue weighted by atomic mass is 32.1. The first-order valence-corrected chi connectivity index (χ1v) is 19.1. The van der Waals surface area contributed by atoms with Gasteiger partial charge in [-0.05, 0) is 77.1 Å². The van der Waals surface area contributed by atoms with E-state index in [0.717, 1.165) is 48.5 Å². The fraction of sp³-hybridized carbons (Fsp3) is 0.487. The first-order chi connectivity index (χ1) is 24.9. The number of oxazole rings is 1. The zero-order valence-corrected chi connectivity index (χ0v) is 31.1. The van der Waals surface area contributed by atoms with Gasteiger partial charge in [-0.3, -0.25) is 14.4 Å². The smallest absolute Gasteiger partial charge is 0.410 e. The molecule has 1 atom stereocenters. The van der Waals surface area contributed by atoms with Crippen LogP contribution in [0.15, 0.2) is 58.3 Å². The molecule has 3 heterocycles. The number of hydrogen-bond acceptors (Lipinski definition) is 10. The molecule has 52 heavy (non-hydrogen) atoms. The summed E-state index contributed by atoms with van der Waals surface area (Å²) in [6.07, 6.45) is 5.89. The highest BCUT2D eigenvalue weighted by Gasteiger charge is 2.43. The SMILES string of the molecule is CCCC(NC(=O)C1(NC(=O)c2ccc(-c3csc(NC4CCN(C(=O)OC(C)(C)C)CC4)n3)cc2)CCCCC1)C(=O)c1nc2ccccc2o1. The Kier molecular flexibility index (Phi) is 11.3. The Morgan fingerprint density at radius 1 is 1.00 bits per heavy atom. The second kappa shape index (κ2) is 15.9. The van der Waals surface area contributed by atoms with Crippen LogP contribution in [0.5, 0.6) is 0 Å². The average Bonchev–Trinajstić information content (AvgIpc) is 3.79. The van der Waals surface area contributed by atoms with Crippen LogP contribution in [0, 0.1) is 0 Å². The third-order valence-electron chi connectivity index (χ3n) is 9.62. The molecule has 0 radical (unpaired) electrons. The van der Waals surface area contributed by atoms with Crippen molar-refractivity contribution in [1.82, 2.24) is 25.5 Å². The van der Waals surface area contributed by atoms with Gasteiger partial charge in [0.15, 0.2) is 10.7 Å². The van der Waals surface area contributed by atoms with Gasteiger partial charge in [-0.2, -0.15) is 0 Å². The molecule has 0 bridgehead atoms. The van der Waals surface area contributed by atoms with Gasteiger partial charge in [0, 0.05) is 35.6 Å². The highest BCUT2D eigenvalue weighted by Crippen LogP contribution is 2.31. The zero-order valence-electron chi connectivity index (χ0n) is 30.3. The molecule has 4 aromatic rings. The van der Waals surface area contributed by atoms with E-state index >= 15 is 0 Å². The maximum atomic E-state index is 14.0. The van der Waals surface area contributed by atoms with E-state index in [1.807, 2.05) is 57.3 Å². The Morgan fingerprint density at radius 3 is 2.38 bits per heavy atom. The lowest BCUT2D eigenvalue weighted by molar-refractivity contribution is -0.129. The first kappa shape index (κ1) is 37.0. The number of piperidine rings is 1. The van der Waals surface area contributed by atoms with Gasteiger partial charge in [0.05, 0.1) is 11.7 Å². The van der Waals surface area contributed by atoms with Crippen molar-refractivity contribution in [3.63, 3.8) is 0 Å². The number of likely N-dealkylation sites (tertiary alicyclic amines) is 1. The topological polar surface area (TPSA) is 156 Å². The first-order valence-electron chi connectivity index (χ1n) is 18.3. The zero-order chi connectivity index (χ0) is 36.9. The van der Waals surface area contributed by atoms with Crippen LogP contribution in [0.4, 0.5) is 9.93 Å². The molecule has 1 saturated carbocycles. The number of carbonyl (C=O) groups excluding carboxylic acids is 4. The molecule has 1 unspecified atom stereocenters. The van der Waals surface area contributed by atoms with Crippen LogP contribution < -0.4 is 16.0 Å². The van der Waals surface area contributed by atoms with E-state index < -0.39 is 17.2 Å². The lowest BCUT2D eigenvalue weighted by Gasteiger charge is -2.37. The van der Waals surface area contributed by atoms with Gasteiger partial charge in [-0.1, -0.05) is 56.9 Å². The maximum absolute atomic E-state index is 14.0. The van der Waals surface area contributed by atoms with E-state index in [-0.39, 0.29) is 35.6 Å². The summed E-state index contributed by atoms with van der Waals surface area (Å²) in [5, 5.41) is 12.3. The van der Waals surface area contributed by atoms with Crippen molar-refractivity contribution in [2.75, 3.05) is 18.4 Å². The fourth-order valence-corrected chi connectivity index (χ4v) is 7.60. The number of fused-ring (bicyclic) bond motifs is 1. The normalized spacial score (nSPS) is 17.0. The molecule has 2 aromatic heterocycles. The van der Waals surface area contributed by atoms with Gasteiger partial charge in [0.25, 0.3) is 11.8 Å². The molecule has 0 spiro atoms. The molecular formula is C39H48N6O6S. The van der Waals surface area contributed by atoms with Gasteiger partial charge in [-0.15, -0.1) is 11.3 Å². The van der Waals surface area contributed by atoms with Crippen molar-refractivity contribution < 1.29 is 28.3 Å². The Hall–Kier alpha value is -4.78. The van der Waals surface area contributed by atoms with E-state index in [1.54, 1.807) is 29.2 Å². The number of thiazole rings is 1. The number of aromatic nitrogens is 2. The van der Waals surface area contributed by atoms with Crippen LogP contribution in [0.2, 0.25) is 0 Å². The second-order valence-electron chi connectivity index (χ2n) is 14.8. The van der Waals surface area contributed by atoms with Crippen LogP contribution in [0.25, 0.3) is 22.4 Å². The monoisotopic (exact) mass is 728 g/mol. The number of hydrogen-bond donors (Lipinski definition) is 3. The van der Waals surface area contributed by atoms with Gasteiger partial charge >= 0.3 is 6.09 Å². The molecule has 1 aliphatic heterocycles. The molecule has 276 valence electrons. The third-order valence-corrected chi connectivity index (χ3v) is 10.4. The number of para-hydroxylation sites is 2. The number of carbonyl (C=O) groups is 4. The van der Waals surface area contributed by atoms with Gasteiger partial charge in [0.1, 0.15) is 16.7 Å². The van der Waals surface area contributed by atoms with Crippen LogP contribution >= 0.6 is 11.3 Å². The molecule has 1 saturated heterocycles. The van der Waals surface area contributed by atoms with E-state index in [0.29, 0.717) is 55.4 Å². The van der Waals surface area contributed by atoms with Crippen molar-refractivity contribution in [1.29, 1.82) is 0 Å². The quantitative estimate of drug-likeness (QED) is 0.134. The van der Waals surface area contributed by atoms with Crippen LogP contribution in [-0.4, -0.2) is 74.9 Å². The predicted octanol–water partition coefficient (Wildman–Crippen LogP) is 7.36. The van der Waals surface area contributed by atoms with Gasteiger partial charge in [0.2, 0.25) is 11.7 Å². The molecule has 2 fully saturated rings. The molecular weight excluding hydrogens is 681 g/mol. The maximum Gasteiger partial charge on any atom is 0.410 e. The van der Waals surface area contributed by atoms with Crippen molar-refractivity contribution in [3.05, 3.63) is 65.4 Å². The van der Waals surface area contributed by atoms with Crippen LogP contribution in [0.1, 0.15) is 107 Å². The standard InChI is InChI=1S/C39H48N6O6S/c1-5-11-29(32(46)34-41-28-12-7-8-13-31(28)50-34)42-35(48)39(20-9-6-10-21-39)44-33(47)26-16-14-25(15-17-26)30-24-52-36(43-30)40-27-18-22-45(23-19-27)37(49)51-38(2,3)4/h7-8,12-17,24,27,29H,5-6,9-11,18-23H2,1-4H3,(H,40,43)(H,42,48)(H,44,47). The molecule has 12 nitrogen and oxygen atoms in total. The number of benzene rings is 2. The molecule has 3 N–H and O–H groups in total. The van der Waals surface area contributed by atoms with Crippen LogP contribution in [-0.2, 0) is 9.53 Å². The molecule has 6 rings (SSSR count). The second-order valence-corrected chi connectivity index (χ2v) is 15.6. The minimum absolute atomic E-state index is 0.0367. The van der Waals surface area contributed by atoms with E-state index in [4.69, 9.17) is 14.1 Å². The average molecular weight is 729 g/mol. The van der Waals surface area contributed by atoms with E-state index in [1.165, 1.54) is 11.3 Å². The van der Waals surface area contributed by atoms with Crippen molar-refractivity contribution >= 4 is 51.3 Å². The number of ether oxygens (including phenoxy) is 1. The number of rotatable bonds is 11. The van der Waals surface area contributed by atoms with Gasteiger partial charge in [-0.25, -0.2) is 14.8 Å². The summed E-state index contributed by atoms with van der Waals surface area (Å²) in [5.74, 6) is -1.13. The fourth-order valence-electron chi connectivity index (χ4n) is 6.81. The number of nitrogens with one attached hydrogen (secondary N) is 3. The van der Waals surface area contributed by atoms with E-state index in [9.17, 15) is 19.2 Å². The Balaban J connectivity index is 1.07. The summed E-state index contributed by atoms with van der Waals surface area (Å²) >= 11 is 1.51. The number of ketones is 1. The van der Waals surface area contributed by atoms with E-state index in [2.05, 4.69) is 20.9 Å². The Labute approximate surface area is 308 Å². The minimum atomic E-state index is -1.14. The third kappa shape index (κ3) is 8.80. The largest absolute Gasteiger partial charge is 0.444 e. The molecule has 3 amide bonds. The number of Topliss-reactive ketones (excluding diaryl/α,β-unsaturated/α-hetero) is 1. The highest BCUT2D eigenvalue weighted by molar-refractivity contribution is 7.14. The molecule has 2 aromatic carbocycles. The molecule has 13 heteroatoms. The molecule has 2 aliphatic rings. The van der Waals surface area contributed by atoms with Gasteiger partial charge < -0.3 is 30.0 Å². The number of amides is 3. The van der Waals surface area contributed by atoms with Crippen molar-refractivity contribution in [2.45, 2.75) is 109 Å².